The standard InChI is InChI=1S/C27H40N4O3S/c1-26(2,3)17-29-22-9-8-21(30-25(22)28-6)18-11-13-27(4,5)24(16-18)31-35(32,33)20-7-10-23-19(15-20)12-14-34-23/h7-10,15,18,24,29,31H,11-14,16-17H2,1-6H3,(H,28,30). The lowest BCUT2D eigenvalue weighted by molar-refractivity contribution is 0.170. The molecule has 0 radical (unpaired) electrons. The summed E-state index contributed by atoms with van der Waals surface area (Å²) in [7, 11) is -1.76. The number of ether oxygens (including phenoxy) is 1. The van der Waals surface area contributed by atoms with E-state index in [4.69, 9.17) is 9.72 Å². The molecule has 2 unspecified atom stereocenters. The zero-order valence-electron chi connectivity index (χ0n) is 21.9. The average Bonchev–Trinajstić information content (AvgIpc) is 3.26. The van der Waals surface area contributed by atoms with Crippen LogP contribution in [0.2, 0.25) is 0 Å². The number of sulfonamides is 1. The van der Waals surface area contributed by atoms with E-state index in [2.05, 4.69) is 62.1 Å². The van der Waals surface area contributed by atoms with Crippen LogP contribution in [0.15, 0.2) is 35.2 Å². The number of hydrogen-bond donors (Lipinski definition) is 3. The molecule has 0 saturated heterocycles. The van der Waals surface area contributed by atoms with Crippen LogP contribution in [0.1, 0.15) is 71.1 Å². The monoisotopic (exact) mass is 500 g/mol. The molecule has 3 N–H and O–H groups in total. The lowest BCUT2D eigenvalue weighted by Gasteiger charge is -2.42. The maximum Gasteiger partial charge on any atom is 0.240 e. The van der Waals surface area contributed by atoms with Crippen molar-refractivity contribution in [2.45, 2.75) is 77.2 Å². The summed E-state index contributed by atoms with van der Waals surface area (Å²) < 4.78 is 35.3. The van der Waals surface area contributed by atoms with Gasteiger partial charge in [-0.2, -0.15) is 0 Å². The Kier molecular flexibility index (Phi) is 7.08. The number of fused-ring (bicyclic) bond motifs is 1. The van der Waals surface area contributed by atoms with Gasteiger partial charge in [0, 0.05) is 37.7 Å². The first-order valence-corrected chi connectivity index (χ1v) is 14.1. The molecular weight excluding hydrogens is 460 g/mol. The molecule has 2 aliphatic rings. The quantitative estimate of drug-likeness (QED) is 0.487. The molecule has 7 nitrogen and oxygen atoms in total. The van der Waals surface area contributed by atoms with Gasteiger partial charge in [0.2, 0.25) is 10.0 Å². The van der Waals surface area contributed by atoms with Gasteiger partial charge < -0.3 is 15.4 Å². The Bertz CT molecular complexity index is 1170. The molecule has 1 fully saturated rings. The Balaban J connectivity index is 1.52. The van der Waals surface area contributed by atoms with Crippen LogP contribution in [0.5, 0.6) is 5.75 Å². The van der Waals surface area contributed by atoms with Crippen molar-refractivity contribution in [2.75, 3.05) is 30.8 Å². The van der Waals surface area contributed by atoms with E-state index in [9.17, 15) is 8.42 Å². The van der Waals surface area contributed by atoms with Crippen LogP contribution in [-0.2, 0) is 16.4 Å². The van der Waals surface area contributed by atoms with Gasteiger partial charge in [0.1, 0.15) is 11.6 Å². The largest absolute Gasteiger partial charge is 0.493 e. The third kappa shape index (κ3) is 5.92. The summed E-state index contributed by atoms with van der Waals surface area (Å²) in [4.78, 5) is 5.24. The molecule has 0 spiro atoms. The Labute approximate surface area is 210 Å². The third-order valence-corrected chi connectivity index (χ3v) is 8.72. The van der Waals surface area contributed by atoms with Gasteiger partial charge in [-0.3, -0.25) is 0 Å². The van der Waals surface area contributed by atoms with Crippen LogP contribution in [0.4, 0.5) is 11.5 Å². The van der Waals surface area contributed by atoms with Gasteiger partial charge >= 0.3 is 0 Å². The van der Waals surface area contributed by atoms with E-state index in [1.165, 1.54) is 0 Å². The van der Waals surface area contributed by atoms with Crippen molar-refractivity contribution in [3.8, 4) is 5.75 Å². The molecule has 1 aromatic carbocycles. The zero-order chi connectivity index (χ0) is 25.4. The molecule has 192 valence electrons. The summed E-state index contributed by atoms with van der Waals surface area (Å²) in [6.07, 6.45) is 3.36. The summed E-state index contributed by atoms with van der Waals surface area (Å²) in [5.41, 5.74) is 2.96. The van der Waals surface area contributed by atoms with Gasteiger partial charge in [-0.1, -0.05) is 34.6 Å². The Hall–Kier alpha value is -2.32. The number of hydrogen-bond acceptors (Lipinski definition) is 6. The predicted molar refractivity (Wildman–Crippen MR) is 142 cm³/mol. The predicted octanol–water partition coefficient (Wildman–Crippen LogP) is 5.16. The van der Waals surface area contributed by atoms with Gasteiger partial charge in [-0.15, -0.1) is 0 Å². The van der Waals surface area contributed by atoms with Gasteiger partial charge in [0.25, 0.3) is 0 Å². The molecule has 0 bridgehead atoms. The fraction of sp³-hybridized carbons (Fsp3) is 0.593. The molecule has 1 aliphatic carbocycles. The van der Waals surface area contributed by atoms with Crippen LogP contribution < -0.4 is 20.1 Å². The molecule has 35 heavy (non-hydrogen) atoms. The smallest absolute Gasteiger partial charge is 0.240 e. The van der Waals surface area contributed by atoms with Crippen LogP contribution in [0, 0.1) is 10.8 Å². The molecule has 1 saturated carbocycles. The first-order valence-electron chi connectivity index (χ1n) is 12.6. The molecule has 1 aromatic heterocycles. The highest BCUT2D eigenvalue weighted by Gasteiger charge is 2.40. The minimum Gasteiger partial charge on any atom is -0.493 e. The second-order valence-corrected chi connectivity index (χ2v) is 13.5. The van der Waals surface area contributed by atoms with Gasteiger partial charge in [-0.05, 0) is 66.0 Å². The van der Waals surface area contributed by atoms with Crippen molar-refractivity contribution in [1.82, 2.24) is 9.71 Å². The lowest BCUT2D eigenvalue weighted by Crippen LogP contribution is -2.48. The number of nitrogens with one attached hydrogen (secondary N) is 3. The molecule has 1 aliphatic heterocycles. The SMILES string of the molecule is CNc1nc(C2CCC(C)(C)C(NS(=O)(=O)c3ccc4c(c3)CCO4)C2)ccc1NCC(C)(C)C. The van der Waals surface area contributed by atoms with E-state index < -0.39 is 10.0 Å². The van der Waals surface area contributed by atoms with Crippen molar-refractivity contribution in [3.63, 3.8) is 0 Å². The number of rotatable bonds is 7. The van der Waals surface area contributed by atoms with Crippen LogP contribution in [0.3, 0.4) is 0 Å². The topological polar surface area (TPSA) is 92.4 Å². The van der Waals surface area contributed by atoms with E-state index >= 15 is 0 Å². The minimum atomic E-state index is -3.65. The summed E-state index contributed by atoms with van der Waals surface area (Å²) >= 11 is 0. The van der Waals surface area contributed by atoms with Gasteiger partial charge in [0.15, 0.2) is 0 Å². The third-order valence-electron chi connectivity index (χ3n) is 7.25. The molecule has 2 aromatic rings. The van der Waals surface area contributed by atoms with Crippen molar-refractivity contribution in [3.05, 3.63) is 41.6 Å². The van der Waals surface area contributed by atoms with Crippen LogP contribution in [-0.4, -0.2) is 39.6 Å². The van der Waals surface area contributed by atoms with E-state index in [-0.39, 0.29) is 22.8 Å². The number of nitrogens with zero attached hydrogens (tertiary/aromatic N) is 1. The highest BCUT2D eigenvalue weighted by Crippen LogP contribution is 2.43. The number of aromatic nitrogens is 1. The van der Waals surface area contributed by atoms with Gasteiger partial charge in [-0.25, -0.2) is 18.1 Å². The molecule has 2 atom stereocenters. The van der Waals surface area contributed by atoms with Crippen molar-refractivity contribution in [2.24, 2.45) is 10.8 Å². The summed E-state index contributed by atoms with van der Waals surface area (Å²) in [6, 6.07) is 9.15. The van der Waals surface area contributed by atoms with Crippen molar-refractivity contribution in [1.29, 1.82) is 0 Å². The zero-order valence-corrected chi connectivity index (χ0v) is 22.7. The van der Waals surface area contributed by atoms with Crippen molar-refractivity contribution >= 4 is 21.5 Å². The highest BCUT2D eigenvalue weighted by atomic mass is 32.2. The molecular formula is C27H40N4O3S. The molecule has 0 amide bonds. The average molecular weight is 501 g/mol. The van der Waals surface area contributed by atoms with Gasteiger partial charge in [0.05, 0.1) is 17.2 Å². The summed E-state index contributed by atoms with van der Waals surface area (Å²) in [5, 5.41) is 6.72. The second-order valence-electron chi connectivity index (χ2n) is 11.8. The molecule has 2 heterocycles. The van der Waals surface area contributed by atoms with E-state index in [1.807, 2.05) is 7.05 Å². The first kappa shape index (κ1) is 25.8. The summed E-state index contributed by atoms with van der Waals surface area (Å²) in [5.74, 6) is 1.80. The fourth-order valence-corrected chi connectivity index (χ4v) is 6.37. The minimum absolute atomic E-state index is 0.149. The maximum atomic E-state index is 13.3. The number of anilines is 2. The fourth-order valence-electron chi connectivity index (χ4n) is 4.90. The van der Waals surface area contributed by atoms with E-state index in [0.29, 0.717) is 17.9 Å². The maximum absolute atomic E-state index is 13.3. The van der Waals surface area contributed by atoms with Crippen molar-refractivity contribution < 1.29 is 13.2 Å². The second kappa shape index (κ2) is 9.62. The van der Waals surface area contributed by atoms with Crippen LogP contribution in [0.25, 0.3) is 0 Å². The molecule has 8 heteroatoms. The summed E-state index contributed by atoms with van der Waals surface area (Å²) in [6.45, 7) is 12.3. The Morgan fingerprint density at radius 1 is 1.17 bits per heavy atom. The van der Waals surface area contributed by atoms with E-state index in [1.54, 1.807) is 18.2 Å². The Morgan fingerprint density at radius 2 is 1.94 bits per heavy atom. The number of pyridine rings is 1. The highest BCUT2D eigenvalue weighted by molar-refractivity contribution is 7.89. The first-order chi connectivity index (χ1) is 16.4. The molecule has 4 rings (SSSR count). The van der Waals surface area contributed by atoms with E-state index in [0.717, 1.165) is 54.3 Å². The normalized spacial score (nSPS) is 21.8. The van der Waals surface area contributed by atoms with Crippen LogP contribution >= 0.6 is 0 Å². The number of benzene rings is 1. The Morgan fingerprint density at radius 3 is 2.66 bits per heavy atom. The lowest BCUT2D eigenvalue weighted by atomic mass is 9.69.